The molecule has 0 aliphatic heterocycles. The van der Waals surface area contributed by atoms with Crippen LogP contribution in [-0.4, -0.2) is 202 Å². The minimum absolute atomic E-state index is 0. The maximum atomic E-state index is 12.0. The fourth-order valence-corrected chi connectivity index (χ4v) is 6.35. The number of hydrogen-bond donors (Lipinski definition) is 2. The molecule has 0 aliphatic rings. The zero-order valence-electron chi connectivity index (χ0n) is 51.9. The van der Waals surface area contributed by atoms with E-state index in [0.29, 0.717) is 12.2 Å². The number of nitrogens with one attached hydrogen (secondary N) is 2. The monoisotopic (exact) mass is 1090 g/mol. The summed E-state index contributed by atoms with van der Waals surface area (Å²) in [6.45, 7) is 45.4. The molecule has 15 nitrogen and oxygen atoms in total. The minimum Gasteiger partial charge on any atom is -0.348 e. The van der Waals surface area contributed by atoms with E-state index in [0.717, 1.165) is 57.4 Å². The van der Waals surface area contributed by atoms with Gasteiger partial charge >= 0.3 is 0 Å². The average Bonchev–Trinajstić information content (AvgIpc) is 3.63. The largest absolute Gasteiger partial charge is 0.348 e. The lowest BCUT2D eigenvalue weighted by Gasteiger charge is -2.28. The highest BCUT2D eigenvalue weighted by Gasteiger charge is 2.20. The van der Waals surface area contributed by atoms with Crippen LogP contribution < -0.4 is 10.6 Å². The van der Waals surface area contributed by atoms with Crippen molar-refractivity contribution in [3.8, 4) is 0 Å². The van der Waals surface area contributed by atoms with E-state index >= 15 is 0 Å². The zero-order chi connectivity index (χ0) is 58.8. The topological polar surface area (TPSA) is 145 Å². The van der Waals surface area contributed by atoms with Gasteiger partial charge in [0.05, 0.1) is 5.01 Å². The quantitative estimate of drug-likeness (QED) is 0.101. The number of likely N-dealkylation sites (N-methyl/N-ethyl adjacent to an activating group) is 6. The Bertz CT molecular complexity index is 1860. The molecule has 2 N–H and O–H groups in total. The Balaban J connectivity index is -0.000000201. The Morgan fingerprint density at radius 1 is 0.526 bits per heavy atom. The molecule has 5 amide bonds. The maximum absolute atomic E-state index is 12.0. The van der Waals surface area contributed by atoms with Gasteiger partial charge in [0.25, 0.3) is 5.91 Å². The first-order chi connectivity index (χ1) is 33.4. The number of aryl methyl sites for hydroxylation is 1. The van der Waals surface area contributed by atoms with Gasteiger partial charge in [0.1, 0.15) is 5.69 Å². The number of aromatic nitrogens is 1. The summed E-state index contributed by atoms with van der Waals surface area (Å²) >= 11 is 1.49. The molecule has 0 saturated heterocycles. The first kappa shape index (κ1) is 82.9. The molecule has 0 fully saturated rings. The van der Waals surface area contributed by atoms with Gasteiger partial charge in [-0.25, -0.2) is 4.98 Å². The van der Waals surface area contributed by atoms with Gasteiger partial charge < -0.3 is 44.9 Å². The summed E-state index contributed by atoms with van der Waals surface area (Å²) in [7, 11) is 17.7. The fraction of sp³-hybridized carbons (Fsp3) is 0.700. The van der Waals surface area contributed by atoms with Crippen LogP contribution in [0.3, 0.4) is 0 Å². The normalized spacial score (nSPS) is 11.9. The second kappa shape index (κ2) is 41.6. The fourth-order valence-electron chi connectivity index (χ4n) is 5.75. The first-order valence-electron chi connectivity index (χ1n) is 25.7. The molecule has 0 aliphatic carbocycles. The standard InChI is InChI=1S/C14H26N2O.C13H26N2O.C12H24N2O.C10H20N2O.C9H14N2OS.2CH4/c1-7-10-16(12-14(2,3)4)13(17)9-8-11-15(5)6;1-7-15(11-13(2,3)4)12(16)9-8-10-14(5)6;1-12(2,3)10-14(6)11(15)8-7-9-13(4)5;1-10(2,3)11-9(13)7-6-8-12(4)5;1-6-10-7(5-13-6)8(12)11-9(2,3)4;;/h7-9H,1,10-12H2,2-6H3;8-9H,7,10-11H2,1-6H3;7-8H,9-10H2,1-6H3;6-7H,8H2,1-5H3,(H,11,13);5H,1-4H3,(H,11,12);2*1H4/b2*9-8+;8-7+;7-6+;;;. The number of hydrogen-bond acceptors (Lipinski definition) is 11. The van der Waals surface area contributed by atoms with E-state index in [1.807, 2.05) is 173 Å². The number of carbonyl (C=O) groups is 5. The third-order valence-electron chi connectivity index (χ3n) is 8.54. The van der Waals surface area contributed by atoms with Crippen molar-refractivity contribution in [1.82, 2.24) is 49.9 Å². The van der Waals surface area contributed by atoms with Crippen LogP contribution in [0.15, 0.2) is 66.6 Å². The Labute approximate surface area is 472 Å². The Kier molecular flexibility index (Phi) is 45.3. The molecule has 1 rings (SSSR count). The van der Waals surface area contributed by atoms with Gasteiger partial charge in [-0.1, -0.05) is 108 Å². The van der Waals surface area contributed by atoms with E-state index in [9.17, 15) is 24.0 Å². The summed E-state index contributed by atoms with van der Waals surface area (Å²) in [6, 6.07) is 0. The van der Waals surface area contributed by atoms with E-state index in [1.165, 1.54) is 11.3 Å². The summed E-state index contributed by atoms with van der Waals surface area (Å²) in [5.74, 6) is 0.110. The Hall–Kier alpha value is -4.48. The summed E-state index contributed by atoms with van der Waals surface area (Å²) in [4.78, 5) is 75.8. The number of thiazole rings is 1. The van der Waals surface area contributed by atoms with Gasteiger partial charge in [0.15, 0.2) is 0 Å². The van der Waals surface area contributed by atoms with Crippen molar-refractivity contribution in [2.24, 2.45) is 16.2 Å². The van der Waals surface area contributed by atoms with Crippen LogP contribution in [0.1, 0.15) is 141 Å². The van der Waals surface area contributed by atoms with Crippen molar-refractivity contribution >= 4 is 40.9 Å². The summed E-state index contributed by atoms with van der Waals surface area (Å²) in [6.07, 6.45) is 15.8. The minimum atomic E-state index is -0.200. The van der Waals surface area contributed by atoms with Gasteiger partial charge in [-0.05, 0) is 128 Å². The highest BCUT2D eigenvalue weighted by molar-refractivity contribution is 7.09. The van der Waals surface area contributed by atoms with Crippen molar-refractivity contribution in [1.29, 1.82) is 0 Å². The van der Waals surface area contributed by atoms with Gasteiger partial charge in [-0.3, -0.25) is 24.0 Å². The molecule has 1 aromatic rings. The predicted molar refractivity (Wildman–Crippen MR) is 331 cm³/mol. The van der Waals surface area contributed by atoms with E-state index in [-0.39, 0.29) is 71.7 Å². The molecule has 0 unspecified atom stereocenters. The molecule has 76 heavy (non-hydrogen) atoms. The van der Waals surface area contributed by atoms with Crippen molar-refractivity contribution in [2.75, 3.05) is 122 Å². The highest BCUT2D eigenvalue weighted by atomic mass is 32.1. The Morgan fingerprint density at radius 2 is 0.868 bits per heavy atom. The second-order valence-corrected chi connectivity index (χ2v) is 26.2. The molecule has 0 bridgehead atoms. The van der Waals surface area contributed by atoms with Crippen molar-refractivity contribution in [3.05, 3.63) is 77.3 Å². The number of carbonyl (C=O) groups excluding carboxylic acids is 5. The lowest BCUT2D eigenvalue weighted by Crippen LogP contribution is -2.40. The van der Waals surface area contributed by atoms with Gasteiger partial charge in [0.2, 0.25) is 23.6 Å². The lowest BCUT2D eigenvalue weighted by atomic mass is 9.96. The number of rotatable bonds is 19. The molecule has 0 aromatic carbocycles. The van der Waals surface area contributed by atoms with Crippen molar-refractivity contribution in [3.63, 3.8) is 0 Å². The molecule has 0 saturated carbocycles. The van der Waals surface area contributed by atoms with Crippen LogP contribution in [-0.2, 0) is 19.2 Å². The van der Waals surface area contributed by atoms with Crippen LogP contribution in [0, 0.1) is 23.2 Å². The molecule has 0 spiro atoms. The maximum Gasteiger partial charge on any atom is 0.271 e. The van der Waals surface area contributed by atoms with E-state index in [4.69, 9.17) is 0 Å². The molecular formula is C60H118N10O5S. The van der Waals surface area contributed by atoms with Crippen LogP contribution in [0.25, 0.3) is 0 Å². The summed E-state index contributed by atoms with van der Waals surface area (Å²) < 4.78 is 0. The highest BCUT2D eigenvalue weighted by Crippen LogP contribution is 2.17. The SMILES string of the molecule is C.C.C=CCN(CC(C)(C)C)C(=O)/C=C/CN(C)C.CCN(CC(C)(C)C)C(=O)/C=C/CN(C)C.CN(C)C/C=C/C(=O)N(C)CC(C)(C)C.CN(C)C/C=C/C(=O)NC(C)(C)C.Cc1nc(C(=O)NC(C)(C)C)cs1. The first-order valence-corrected chi connectivity index (χ1v) is 26.6. The third-order valence-corrected chi connectivity index (χ3v) is 9.32. The van der Waals surface area contributed by atoms with Crippen molar-refractivity contribution < 1.29 is 24.0 Å². The molecule has 0 radical (unpaired) electrons. The van der Waals surface area contributed by atoms with Gasteiger partial charge in [0, 0.05) is 107 Å². The predicted octanol–water partition coefficient (Wildman–Crippen LogP) is 10.0. The average molecular weight is 1090 g/mol. The number of amides is 5. The molecule has 0 atom stereocenters. The zero-order valence-corrected chi connectivity index (χ0v) is 52.7. The van der Waals surface area contributed by atoms with Crippen LogP contribution in [0.4, 0.5) is 0 Å². The van der Waals surface area contributed by atoms with Crippen LogP contribution >= 0.6 is 11.3 Å². The Morgan fingerprint density at radius 3 is 1.17 bits per heavy atom. The van der Waals surface area contributed by atoms with E-state index < -0.39 is 0 Å². The lowest BCUT2D eigenvalue weighted by molar-refractivity contribution is -0.127. The van der Waals surface area contributed by atoms with Crippen molar-refractivity contribution in [2.45, 2.75) is 144 Å². The van der Waals surface area contributed by atoms with Crippen LogP contribution in [0.2, 0.25) is 0 Å². The molecule has 1 heterocycles. The van der Waals surface area contributed by atoms with Crippen LogP contribution in [0.5, 0.6) is 0 Å². The molecule has 16 heteroatoms. The number of nitrogens with zero attached hydrogens (tertiary/aromatic N) is 8. The third kappa shape index (κ3) is 58.8. The van der Waals surface area contributed by atoms with Gasteiger partial charge in [-0.15, -0.1) is 17.9 Å². The molecular weight excluding hydrogens is 973 g/mol. The molecule has 1 aromatic heterocycles. The smallest absolute Gasteiger partial charge is 0.271 e. The van der Waals surface area contributed by atoms with E-state index in [1.54, 1.807) is 40.7 Å². The van der Waals surface area contributed by atoms with E-state index in [2.05, 4.69) is 84.5 Å². The second-order valence-electron chi connectivity index (χ2n) is 25.1. The summed E-state index contributed by atoms with van der Waals surface area (Å²) in [5, 5.41) is 8.39. The summed E-state index contributed by atoms with van der Waals surface area (Å²) in [5.41, 5.74) is 0.570. The van der Waals surface area contributed by atoms with Gasteiger partial charge in [-0.2, -0.15) is 0 Å². The molecule has 444 valence electrons.